The lowest BCUT2D eigenvalue weighted by Crippen LogP contribution is -2.04. The summed E-state index contributed by atoms with van der Waals surface area (Å²) in [4.78, 5) is 11.2. The van der Waals surface area contributed by atoms with Crippen LogP contribution in [0.2, 0.25) is 0 Å². The molecule has 0 aliphatic heterocycles. The minimum absolute atomic E-state index is 0.321. The topological polar surface area (TPSA) is 55.0 Å². The second-order valence-corrected chi connectivity index (χ2v) is 2.52. The molecule has 0 spiro atoms. The Morgan fingerprint density at radius 2 is 2.33 bits per heavy atom. The van der Waals surface area contributed by atoms with Gasteiger partial charge in [0.1, 0.15) is 5.56 Å². The number of nitrogens with one attached hydrogen (secondary N) is 1. The van der Waals surface area contributed by atoms with Crippen LogP contribution in [0.5, 0.6) is 0 Å². The molecule has 4 heteroatoms. The Bertz CT molecular complexity index is 291. The zero-order chi connectivity index (χ0) is 9.14. The van der Waals surface area contributed by atoms with E-state index in [1.165, 1.54) is 7.11 Å². The van der Waals surface area contributed by atoms with Crippen molar-refractivity contribution >= 4 is 5.97 Å². The Morgan fingerprint density at radius 3 is 2.83 bits per heavy atom. The maximum absolute atomic E-state index is 11.2. The van der Waals surface area contributed by atoms with Crippen LogP contribution in [0.4, 0.5) is 0 Å². The molecule has 0 bridgehead atoms. The van der Waals surface area contributed by atoms with Crippen LogP contribution in [-0.2, 0) is 11.2 Å². The van der Waals surface area contributed by atoms with Crippen LogP contribution in [0.15, 0.2) is 0 Å². The van der Waals surface area contributed by atoms with Crippen molar-refractivity contribution in [2.45, 2.75) is 20.3 Å². The maximum atomic E-state index is 11.2. The fourth-order valence-electron chi connectivity index (χ4n) is 1.11. The summed E-state index contributed by atoms with van der Waals surface area (Å²) in [6.45, 7) is 3.75. The van der Waals surface area contributed by atoms with E-state index in [0.717, 1.165) is 17.8 Å². The zero-order valence-corrected chi connectivity index (χ0v) is 7.47. The number of ether oxygens (including phenoxy) is 1. The number of aromatic nitrogens is 2. The van der Waals surface area contributed by atoms with E-state index in [1.807, 2.05) is 6.92 Å². The molecule has 0 radical (unpaired) electrons. The lowest BCUT2D eigenvalue weighted by molar-refractivity contribution is 0.0599. The number of hydrogen-bond acceptors (Lipinski definition) is 3. The van der Waals surface area contributed by atoms with Crippen LogP contribution in [0, 0.1) is 6.92 Å². The highest BCUT2D eigenvalue weighted by Gasteiger charge is 2.16. The number of carbonyl (C=O) groups is 1. The van der Waals surface area contributed by atoms with Gasteiger partial charge >= 0.3 is 5.97 Å². The van der Waals surface area contributed by atoms with Gasteiger partial charge in [0.2, 0.25) is 0 Å². The monoisotopic (exact) mass is 168 g/mol. The average Bonchev–Trinajstić information content (AvgIpc) is 2.45. The maximum Gasteiger partial charge on any atom is 0.341 e. The van der Waals surface area contributed by atoms with Crippen molar-refractivity contribution in [2.24, 2.45) is 0 Å². The van der Waals surface area contributed by atoms with Gasteiger partial charge in [-0.05, 0) is 13.3 Å². The SMILES string of the molecule is CCc1n[nH]c(C)c1C(=O)OC. The molecule has 66 valence electrons. The Hall–Kier alpha value is -1.32. The molecule has 0 aromatic carbocycles. The second kappa shape index (κ2) is 3.38. The van der Waals surface area contributed by atoms with Crippen LogP contribution in [-0.4, -0.2) is 23.3 Å². The van der Waals surface area contributed by atoms with Gasteiger partial charge in [-0.15, -0.1) is 0 Å². The zero-order valence-electron chi connectivity index (χ0n) is 7.47. The number of carbonyl (C=O) groups excluding carboxylic acids is 1. The van der Waals surface area contributed by atoms with Crippen molar-refractivity contribution < 1.29 is 9.53 Å². The number of hydrogen-bond donors (Lipinski definition) is 1. The number of aryl methyl sites for hydroxylation is 2. The fourth-order valence-corrected chi connectivity index (χ4v) is 1.11. The van der Waals surface area contributed by atoms with E-state index >= 15 is 0 Å². The largest absolute Gasteiger partial charge is 0.465 e. The third kappa shape index (κ3) is 1.32. The fraction of sp³-hybridized carbons (Fsp3) is 0.500. The van der Waals surface area contributed by atoms with Gasteiger partial charge in [-0.3, -0.25) is 5.10 Å². The van der Waals surface area contributed by atoms with Gasteiger partial charge in [0.25, 0.3) is 0 Å². The van der Waals surface area contributed by atoms with Crippen LogP contribution in [0.3, 0.4) is 0 Å². The van der Waals surface area contributed by atoms with Crippen molar-refractivity contribution in [3.8, 4) is 0 Å². The highest BCUT2D eigenvalue weighted by Crippen LogP contribution is 2.11. The predicted molar refractivity (Wildman–Crippen MR) is 44.0 cm³/mol. The van der Waals surface area contributed by atoms with Crippen LogP contribution in [0.1, 0.15) is 28.7 Å². The number of rotatable bonds is 2. The van der Waals surface area contributed by atoms with Gasteiger partial charge < -0.3 is 4.74 Å². The Morgan fingerprint density at radius 1 is 1.67 bits per heavy atom. The van der Waals surface area contributed by atoms with Crippen LogP contribution >= 0.6 is 0 Å². The first-order valence-corrected chi connectivity index (χ1v) is 3.82. The minimum atomic E-state index is -0.321. The van der Waals surface area contributed by atoms with E-state index in [0.29, 0.717) is 5.56 Å². The molecule has 1 heterocycles. The van der Waals surface area contributed by atoms with E-state index in [2.05, 4.69) is 14.9 Å². The van der Waals surface area contributed by atoms with Gasteiger partial charge in [0.15, 0.2) is 0 Å². The van der Waals surface area contributed by atoms with Crippen molar-refractivity contribution in [1.82, 2.24) is 10.2 Å². The molecule has 0 amide bonds. The van der Waals surface area contributed by atoms with Crippen molar-refractivity contribution in [3.63, 3.8) is 0 Å². The molecule has 0 fully saturated rings. The van der Waals surface area contributed by atoms with Gasteiger partial charge in [-0.1, -0.05) is 6.92 Å². The number of methoxy groups -OCH3 is 1. The predicted octanol–water partition coefficient (Wildman–Crippen LogP) is 1.07. The molecule has 4 nitrogen and oxygen atoms in total. The minimum Gasteiger partial charge on any atom is -0.465 e. The summed E-state index contributed by atoms with van der Waals surface area (Å²) in [6.07, 6.45) is 0.731. The summed E-state index contributed by atoms with van der Waals surface area (Å²) in [6, 6.07) is 0. The van der Waals surface area contributed by atoms with E-state index in [-0.39, 0.29) is 5.97 Å². The lowest BCUT2D eigenvalue weighted by atomic mass is 10.1. The summed E-state index contributed by atoms with van der Waals surface area (Å²) < 4.78 is 4.62. The number of esters is 1. The molecule has 1 N–H and O–H groups in total. The third-order valence-corrected chi connectivity index (χ3v) is 1.75. The summed E-state index contributed by atoms with van der Waals surface area (Å²) in [5.74, 6) is -0.321. The number of aromatic amines is 1. The first-order chi connectivity index (χ1) is 5.70. The highest BCUT2D eigenvalue weighted by atomic mass is 16.5. The molecule has 12 heavy (non-hydrogen) atoms. The third-order valence-electron chi connectivity index (χ3n) is 1.75. The molecule has 0 atom stereocenters. The molecule has 1 rings (SSSR count). The van der Waals surface area contributed by atoms with Crippen molar-refractivity contribution in [1.29, 1.82) is 0 Å². The van der Waals surface area contributed by atoms with Gasteiger partial charge in [0.05, 0.1) is 12.8 Å². The standard InChI is InChI=1S/C8H12N2O2/c1-4-6-7(8(11)12-3)5(2)9-10-6/h4H2,1-3H3,(H,9,10). The lowest BCUT2D eigenvalue weighted by Gasteiger charge is -1.98. The molecule has 0 unspecified atom stereocenters. The van der Waals surface area contributed by atoms with Crippen molar-refractivity contribution in [3.05, 3.63) is 17.0 Å². The molecule has 1 aromatic rings. The summed E-state index contributed by atoms with van der Waals surface area (Å²) in [5.41, 5.74) is 2.10. The number of nitrogens with zero attached hydrogens (tertiary/aromatic N) is 1. The van der Waals surface area contributed by atoms with E-state index in [1.54, 1.807) is 6.92 Å². The number of H-pyrrole nitrogens is 1. The summed E-state index contributed by atoms with van der Waals surface area (Å²) >= 11 is 0. The van der Waals surface area contributed by atoms with E-state index in [4.69, 9.17) is 0 Å². The average molecular weight is 168 g/mol. The first kappa shape index (κ1) is 8.77. The molecule has 0 aliphatic rings. The van der Waals surface area contributed by atoms with Gasteiger partial charge in [0, 0.05) is 5.69 Å². The smallest absolute Gasteiger partial charge is 0.341 e. The normalized spacial score (nSPS) is 9.92. The molecular formula is C8H12N2O2. The van der Waals surface area contributed by atoms with Crippen LogP contribution < -0.4 is 0 Å². The first-order valence-electron chi connectivity index (χ1n) is 3.82. The van der Waals surface area contributed by atoms with E-state index < -0.39 is 0 Å². The molecule has 0 saturated carbocycles. The molecule has 1 aromatic heterocycles. The molecule has 0 saturated heterocycles. The molecule has 0 aliphatic carbocycles. The van der Waals surface area contributed by atoms with Gasteiger partial charge in [-0.25, -0.2) is 4.79 Å². The molecular weight excluding hydrogens is 156 g/mol. The summed E-state index contributed by atoms with van der Waals surface area (Å²) in [5, 5.41) is 6.73. The van der Waals surface area contributed by atoms with Crippen LogP contribution in [0.25, 0.3) is 0 Å². The Balaban J connectivity index is 3.10. The van der Waals surface area contributed by atoms with E-state index in [9.17, 15) is 4.79 Å². The Kier molecular flexibility index (Phi) is 2.47. The van der Waals surface area contributed by atoms with Gasteiger partial charge in [-0.2, -0.15) is 5.10 Å². The highest BCUT2D eigenvalue weighted by molar-refractivity contribution is 5.91. The quantitative estimate of drug-likeness (QED) is 0.672. The second-order valence-electron chi connectivity index (χ2n) is 2.52. The van der Waals surface area contributed by atoms with Crippen molar-refractivity contribution in [2.75, 3.05) is 7.11 Å². The Labute approximate surface area is 70.9 Å². The summed E-state index contributed by atoms with van der Waals surface area (Å²) in [7, 11) is 1.37.